The molecule has 180 valence electrons. The Balaban J connectivity index is 1.65. The molecule has 2 aromatic heterocycles. The van der Waals surface area contributed by atoms with Gasteiger partial charge in [-0.05, 0) is 60.9 Å². The zero-order valence-corrected chi connectivity index (χ0v) is 21.5. The topological polar surface area (TPSA) is 75.9 Å². The highest BCUT2D eigenvalue weighted by atomic mass is 32.2. The predicted molar refractivity (Wildman–Crippen MR) is 143 cm³/mol. The highest BCUT2D eigenvalue weighted by molar-refractivity contribution is 8.00. The molecule has 7 nitrogen and oxygen atoms in total. The summed E-state index contributed by atoms with van der Waals surface area (Å²) in [6.07, 6.45) is 3.51. The van der Waals surface area contributed by atoms with E-state index in [4.69, 9.17) is 0 Å². The zero-order valence-electron chi connectivity index (χ0n) is 20.6. The summed E-state index contributed by atoms with van der Waals surface area (Å²) in [5.74, 6) is 0.905. The second-order valence-electron chi connectivity index (χ2n) is 8.79. The Hall–Kier alpha value is -3.65. The van der Waals surface area contributed by atoms with Crippen molar-refractivity contribution in [2.24, 2.45) is 0 Å². The van der Waals surface area contributed by atoms with Gasteiger partial charge in [0.05, 0.1) is 10.9 Å². The molecule has 1 amide bonds. The fourth-order valence-electron chi connectivity index (χ4n) is 3.72. The molecule has 0 radical (unpaired) electrons. The molecule has 0 aliphatic rings. The minimum Gasteiger partial charge on any atom is -0.378 e. The third kappa shape index (κ3) is 5.54. The fraction of sp³-hybridized carbons (Fsp3) is 0.259. The molecule has 0 fully saturated rings. The van der Waals surface area contributed by atoms with E-state index in [2.05, 4.69) is 46.5 Å². The van der Waals surface area contributed by atoms with Crippen LogP contribution >= 0.6 is 11.8 Å². The molecule has 2 aromatic carbocycles. The van der Waals surface area contributed by atoms with Crippen molar-refractivity contribution in [3.8, 4) is 17.1 Å². The minimum absolute atomic E-state index is 0.0952. The molecule has 1 unspecified atom stereocenters. The molecule has 0 aliphatic carbocycles. The van der Waals surface area contributed by atoms with E-state index in [1.165, 1.54) is 17.3 Å². The average Bonchev–Trinajstić information content (AvgIpc) is 3.28. The van der Waals surface area contributed by atoms with Crippen LogP contribution < -0.4 is 10.2 Å². The number of carbonyl (C=O) groups excluding carboxylic acids is 1. The zero-order chi connectivity index (χ0) is 24.9. The van der Waals surface area contributed by atoms with Crippen molar-refractivity contribution in [3.05, 3.63) is 78.6 Å². The van der Waals surface area contributed by atoms with Crippen LogP contribution in [0.2, 0.25) is 0 Å². The molecular formula is C27H30N6OS. The highest BCUT2D eigenvalue weighted by Crippen LogP contribution is 2.33. The second kappa shape index (κ2) is 10.7. The maximum absolute atomic E-state index is 13.0. The van der Waals surface area contributed by atoms with Crippen LogP contribution in [0.1, 0.15) is 32.3 Å². The molecule has 4 aromatic rings. The first-order valence-electron chi connectivity index (χ1n) is 11.5. The number of pyridine rings is 1. The number of amides is 1. The Morgan fingerprint density at radius 3 is 2.37 bits per heavy atom. The Labute approximate surface area is 210 Å². The van der Waals surface area contributed by atoms with E-state index < -0.39 is 0 Å². The number of carbonyl (C=O) groups is 1. The molecule has 8 heteroatoms. The molecule has 1 atom stereocenters. The first-order valence-corrected chi connectivity index (χ1v) is 12.4. The van der Waals surface area contributed by atoms with Gasteiger partial charge >= 0.3 is 0 Å². The first kappa shape index (κ1) is 24.5. The lowest BCUT2D eigenvalue weighted by atomic mass is 10.0. The van der Waals surface area contributed by atoms with Crippen molar-refractivity contribution >= 4 is 29.0 Å². The number of nitrogens with zero attached hydrogens (tertiary/aromatic N) is 5. The normalized spacial score (nSPS) is 11.9. The van der Waals surface area contributed by atoms with Gasteiger partial charge < -0.3 is 10.2 Å². The van der Waals surface area contributed by atoms with E-state index in [1.807, 2.05) is 79.0 Å². The van der Waals surface area contributed by atoms with Crippen LogP contribution in [0.25, 0.3) is 17.1 Å². The van der Waals surface area contributed by atoms with Gasteiger partial charge in [0, 0.05) is 43.4 Å². The number of benzene rings is 2. The van der Waals surface area contributed by atoms with Crippen molar-refractivity contribution in [1.82, 2.24) is 19.7 Å². The third-order valence-electron chi connectivity index (χ3n) is 5.66. The summed E-state index contributed by atoms with van der Waals surface area (Å²) in [4.78, 5) is 19.3. The van der Waals surface area contributed by atoms with Gasteiger partial charge in [-0.1, -0.05) is 43.8 Å². The van der Waals surface area contributed by atoms with Gasteiger partial charge in [-0.2, -0.15) is 0 Å². The van der Waals surface area contributed by atoms with Gasteiger partial charge in [-0.15, -0.1) is 10.2 Å². The van der Waals surface area contributed by atoms with Crippen molar-refractivity contribution in [1.29, 1.82) is 0 Å². The molecule has 4 rings (SSSR count). The largest absolute Gasteiger partial charge is 0.378 e. The summed E-state index contributed by atoms with van der Waals surface area (Å²) in [6, 6.07) is 19.9. The lowest BCUT2D eigenvalue weighted by Crippen LogP contribution is -2.23. The van der Waals surface area contributed by atoms with Crippen molar-refractivity contribution in [2.45, 2.75) is 37.1 Å². The van der Waals surface area contributed by atoms with Crippen LogP contribution in [0.5, 0.6) is 0 Å². The summed E-state index contributed by atoms with van der Waals surface area (Å²) in [5.41, 5.74) is 4.88. The average molecular weight is 487 g/mol. The fourth-order valence-corrected chi connectivity index (χ4v) is 4.58. The SMILES string of the molecule is CC(Sc1nnc(-c2cccnc2)n1-c1ccccc1C(C)C)C(=O)Nc1ccc(N(C)C)cc1. The molecule has 0 aliphatic heterocycles. The molecule has 2 heterocycles. The quantitative estimate of drug-likeness (QED) is 0.325. The van der Waals surface area contributed by atoms with Crippen LogP contribution in [0.15, 0.2) is 78.2 Å². The number of hydrogen-bond acceptors (Lipinski definition) is 6. The summed E-state index contributed by atoms with van der Waals surface area (Å²) >= 11 is 1.39. The molecule has 0 spiro atoms. The van der Waals surface area contributed by atoms with E-state index in [0.717, 1.165) is 22.6 Å². The van der Waals surface area contributed by atoms with E-state index in [0.29, 0.717) is 16.9 Å². The highest BCUT2D eigenvalue weighted by Gasteiger charge is 2.23. The molecule has 0 saturated heterocycles. The Kier molecular flexibility index (Phi) is 7.51. The number of aromatic nitrogens is 4. The lowest BCUT2D eigenvalue weighted by molar-refractivity contribution is -0.115. The van der Waals surface area contributed by atoms with Crippen LogP contribution in [0.3, 0.4) is 0 Å². The number of nitrogens with one attached hydrogen (secondary N) is 1. The van der Waals surface area contributed by atoms with Gasteiger partial charge in [-0.25, -0.2) is 0 Å². The van der Waals surface area contributed by atoms with Crippen LogP contribution in [-0.4, -0.2) is 45.0 Å². The molecule has 1 N–H and O–H groups in total. The number of para-hydroxylation sites is 1. The summed E-state index contributed by atoms with van der Waals surface area (Å²) < 4.78 is 2.03. The summed E-state index contributed by atoms with van der Waals surface area (Å²) in [7, 11) is 3.97. The monoisotopic (exact) mass is 486 g/mol. The second-order valence-corrected chi connectivity index (χ2v) is 10.1. The Bertz CT molecular complexity index is 1280. The van der Waals surface area contributed by atoms with Gasteiger partial charge in [0.2, 0.25) is 5.91 Å². The molecule has 0 saturated carbocycles. The van der Waals surface area contributed by atoms with Gasteiger partial charge in [0.25, 0.3) is 0 Å². The number of anilines is 2. The van der Waals surface area contributed by atoms with Crippen molar-refractivity contribution in [3.63, 3.8) is 0 Å². The van der Waals surface area contributed by atoms with Crippen LogP contribution in [-0.2, 0) is 4.79 Å². The first-order chi connectivity index (χ1) is 16.8. The van der Waals surface area contributed by atoms with E-state index in [-0.39, 0.29) is 11.2 Å². The predicted octanol–water partition coefficient (Wildman–Crippen LogP) is 5.64. The molecule has 35 heavy (non-hydrogen) atoms. The maximum atomic E-state index is 13.0. The number of hydrogen-bond donors (Lipinski definition) is 1. The van der Waals surface area contributed by atoms with Crippen molar-refractivity contribution < 1.29 is 4.79 Å². The summed E-state index contributed by atoms with van der Waals surface area (Å²) in [5, 5.41) is 12.3. The van der Waals surface area contributed by atoms with Crippen LogP contribution in [0.4, 0.5) is 11.4 Å². The van der Waals surface area contributed by atoms with E-state index >= 15 is 0 Å². The standard InChI is InChI=1S/C27H30N6OS/c1-18(2)23-10-6-7-11-24(23)33-25(20-9-8-16-28-17-20)30-31-27(33)35-19(3)26(34)29-21-12-14-22(15-13-21)32(4)5/h6-19H,1-5H3,(H,29,34). The van der Waals surface area contributed by atoms with Gasteiger partial charge in [-0.3, -0.25) is 14.3 Å². The Morgan fingerprint density at radius 2 is 1.71 bits per heavy atom. The van der Waals surface area contributed by atoms with Gasteiger partial charge in [0.1, 0.15) is 0 Å². The lowest BCUT2D eigenvalue weighted by Gasteiger charge is -2.18. The van der Waals surface area contributed by atoms with E-state index in [9.17, 15) is 4.79 Å². The van der Waals surface area contributed by atoms with Crippen LogP contribution in [0, 0.1) is 0 Å². The summed E-state index contributed by atoms with van der Waals surface area (Å²) in [6.45, 7) is 6.21. The maximum Gasteiger partial charge on any atom is 0.237 e. The van der Waals surface area contributed by atoms with Gasteiger partial charge in [0.15, 0.2) is 11.0 Å². The molecule has 0 bridgehead atoms. The molecular weight excluding hydrogens is 456 g/mol. The third-order valence-corrected chi connectivity index (χ3v) is 6.70. The minimum atomic E-state index is -0.389. The number of thioether (sulfide) groups is 1. The van der Waals surface area contributed by atoms with Crippen molar-refractivity contribution in [2.75, 3.05) is 24.3 Å². The van der Waals surface area contributed by atoms with E-state index in [1.54, 1.807) is 12.4 Å². The Morgan fingerprint density at radius 1 is 0.971 bits per heavy atom. The number of rotatable bonds is 8. The smallest absolute Gasteiger partial charge is 0.237 e.